The Morgan fingerprint density at radius 1 is 1.36 bits per heavy atom. The molecule has 0 aromatic heterocycles. The van der Waals surface area contributed by atoms with Gasteiger partial charge in [-0.1, -0.05) is 12.2 Å². The predicted molar refractivity (Wildman–Crippen MR) is 56.0 cm³/mol. The molecular weight excluding hydrogens is 180 g/mol. The molecule has 3 nitrogen and oxygen atoms in total. The summed E-state index contributed by atoms with van der Waals surface area (Å²) in [5.41, 5.74) is 1.42. The number of hydrogen-bond acceptors (Lipinski definition) is 3. The highest BCUT2D eigenvalue weighted by molar-refractivity contribution is 5.87. The summed E-state index contributed by atoms with van der Waals surface area (Å²) >= 11 is 0. The van der Waals surface area contributed by atoms with E-state index in [1.807, 2.05) is 6.92 Å². The van der Waals surface area contributed by atoms with E-state index in [4.69, 9.17) is 9.47 Å². The van der Waals surface area contributed by atoms with Gasteiger partial charge in [0.05, 0.1) is 25.4 Å². The molecule has 0 aliphatic carbocycles. The Labute approximate surface area is 85.4 Å². The molecule has 14 heavy (non-hydrogen) atoms. The molecule has 0 fully saturated rings. The number of hydrogen-bond donors (Lipinski definition) is 0. The number of rotatable bonds is 7. The van der Waals surface area contributed by atoms with Gasteiger partial charge in [0.1, 0.15) is 0 Å². The van der Waals surface area contributed by atoms with Crippen molar-refractivity contribution < 1.29 is 14.3 Å². The van der Waals surface area contributed by atoms with E-state index in [1.54, 1.807) is 6.92 Å². The molecular formula is C11H18O3. The van der Waals surface area contributed by atoms with Crippen molar-refractivity contribution in [3.8, 4) is 0 Å². The Hall–Kier alpha value is -1.09. The Morgan fingerprint density at radius 3 is 2.50 bits per heavy atom. The van der Waals surface area contributed by atoms with E-state index >= 15 is 0 Å². The van der Waals surface area contributed by atoms with Crippen LogP contribution in [0.15, 0.2) is 24.3 Å². The number of carbonyl (C=O) groups is 1. The first kappa shape index (κ1) is 12.9. The molecule has 0 aliphatic rings. The largest absolute Gasteiger partial charge is 0.463 e. The van der Waals surface area contributed by atoms with Crippen LogP contribution in [0.2, 0.25) is 0 Å². The summed E-state index contributed by atoms with van der Waals surface area (Å²) in [7, 11) is 0. The summed E-state index contributed by atoms with van der Waals surface area (Å²) in [4.78, 5) is 11.1. The Balaban J connectivity index is 3.53. The molecule has 0 aromatic carbocycles. The third-order valence-electron chi connectivity index (χ3n) is 1.51. The van der Waals surface area contributed by atoms with E-state index in [1.165, 1.54) is 0 Å². The summed E-state index contributed by atoms with van der Waals surface area (Å²) in [6.07, 6.45) is 0.802. The van der Waals surface area contributed by atoms with Gasteiger partial charge >= 0.3 is 5.97 Å². The van der Waals surface area contributed by atoms with Gasteiger partial charge in [-0.25, -0.2) is 4.79 Å². The van der Waals surface area contributed by atoms with Crippen molar-refractivity contribution in [2.45, 2.75) is 20.3 Å². The van der Waals surface area contributed by atoms with E-state index in [0.29, 0.717) is 18.8 Å². The zero-order valence-corrected chi connectivity index (χ0v) is 8.97. The Morgan fingerprint density at radius 2 is 2.00 bits per heavy atom. The van der Waals surface area contributed by atoms with E-state index in [9.17, 15) is 4.79 Å². The van der Waals surface area contributed by atoms with Crippen LogP contribution in [0.5, 0.6) is 0 Å². The average molecular weight is 198 g/mol. The summed E-state index contributed by atoms with van der Waals surface area (Å²) in [5.74, 6) is -0.386. The number of ether oxygens (including phenoxy) is 2. The minimum Gasteiger partial charge on any atom is -0.463 e. The van der Waals surface area contributed by atoms with Crippen LogP contribution in [0.4, 0.5) is 0 Å². The molecule has 0 saturated heterocycles. The van der Waals surface area contributed by atoms with Crippen LogP contribution in [-0.4, -0.2) is 25.8 Å². The highest BCUT2D eigenvalue weighted by Gasteiger charge is 2.06. The van der Waals surface area contributed by atoms with Crippen molar-refractivity contribution in [1.29, 1.82) is 0 Å². The van der Waals surface area contributed by atoms with Gasteiger partial charge in [0.25, 0.3) is 0 Å². The third kappa shape index (κ3) is 6.43. The molecule has 0 saturated carbocycles. The van der Waals surface area contributed by atoms with E-state index in [0.717, 1.165) is 12.0 Å². The lowest BCUT2D eigenvalue weighted by Gasteiger charge is -2.06. The van der Waals surface area contributed by atoms with Crippen molar-refractivity contribution in [2.75, 3.05) is 19.8 Å². The molecule has 0 unspecified atom stereocenters. The molecule has 0 atom stereocenters. The highest BCUT2D eigenvalue weighted by Crippen LogP contribution is 1.99. The van der Waals surface area contributed by atoms with Gasteiger partial charge in [0.15, 0.2) is 0 Å². The van der Waals surface area contributed by atoms with Crippen LogP contribution in [0.25, 0.3) is 0 Å². The van der Waals surface area contributed by atoms with E-state index in [-0.39, 0.29) is 12.6 Å². The van der Waals surface area contributed by atoms with Crippen LogP contribution in [0, 0.1) is 0 Å². The van der Waals surface area contributed by atoms with Crippen LogP contribution < -0.4 is 0 Å². The minimum absolute atomic E-state index is 0.228. The maximum Gasteiger partial charge on any atom is 0.335 e. The summed E-state index contributed by atoms with van der Waals surface area (Å²) < 4.78 is 9.96. The molecule has 0 aliphatic heterocycles. The van der Waals surface area contributed by atoms with E-state index in [2.05, 4.69) is 13.2 Å². The van der Waals surface area contributed by atoms with Crippen LogP contribution in [0.1, 0.15) is 20.3 Å². The molecule has 0 rings (SSSR count). The first-order chi connectivity index (χ1) is 6.57. The molecule has 0 heterocycles. The Kier molecular flexibility index (Phi) is 6.76. The van der Waals surface area contributed by atoms with Gasteiger partial charge in [0.2, 0.25) is 0 Å². The first-order valence-electron chi connectivity index (χ1n) is 4.65. The lowest BCUT2D eigenvalue weighted by molar-refractivity contribution is -0.139. The highest BCUT2D eigenvalue weighted by atomic mass is 16.5. The Bertz CT molecular complexity index is 219. The van der Waals surface area contributed by atoms with Gasteiger partial charge in [0, 0.05) is 0 Å². The normalized spacial score (nSPS) is 9.57. The topological polar surface area (TPSA) is 35.5 Å². The van der Waals surface area contributed by atoms with Crippen LogP contribution in [0.3, 0.4) is 0 Å². The second kappa shape index (κ2) is 7.33. The third-order valence-corrected chi connectivity index (χ3v) is 1.51. The number of esters is 1. The van der Waals surface area contributed by atoms with Gasteiger partial charge in [-0.15, -0.1) is 6.58 Å². The average Bonchev–Trinajstić information content (AvgIpc) is 2.12. The lowest BCUT2D eigenvalue weighted by atomic mass is 10.2. The minimum atomic E-state index is -0.386. The van der Waals surface area contributed by atoms with Crippen molar-refractivity contribution in [3.63, 3.8) is 0 Å². The van der Waals surface area contributed by atoms with Gasteiger partial charge in [-0.2, -0.15) is 0 Å². The van der Waals surface area contributed by atoms with Crippen molar-refractivity contribution in [2.24, 2.45) is 0 Å². The summed E-state index contributed by atoms with van der Waals surface area (Å²) in [6.45, 7) is 12.2. The molecule has 3 heteroatoms. The zero-order chi connectivity index (χ0) is 11.0. The fourth-order valence-corrected chi connectivity index (χ4v) is 0.734. The fraction of sp³-hybridized carbons (Fsp3) is 0.545. The van der Waals surface area contributed by atoms with Crippen molar-refractivity contribution >= 4 is 5.97 Å². The maximum absolute atomic E-state index is 11.1. The van der Waals surface area contributed by atoms with Crippen LogP contribution in [-0.2, 0) is 14.3 Å². The number of carbonyl (C=O) groups excluding carboxylic acids is 1. The van der Waals surface area contributed by atoms with Gasteiger partial charge in [-0.05, 0) is 20.3 Å². The molecule has 0 aromatic rings. The standard InChI is InChI=1S/C11H18O3/c1-5-14-11(12)10(4)8-13-7-6-9(2)3/h2,4-8H2,1,3H3. The smallest absolute Gasteiger partial charge is 0.335 e. The molecule has 80 valence electrons. The molecule has 0 radical (unpaired) electrons. The van der Waals surface area contributed by atoms with Crippen molar-refractivity contribution in [3.05, 3.63) is 24.3 Å². The summed E-state index contributed by atoms with van der Waals surface area (Å²) in [5, 5.41) is 0. The van der Waals surface area contributed by atoms with Gasteiger partial charge in [-0.3, -0.25) is 0 Å². The second-order valence-corrected chi connectivity index (χ2v) is 3.08. The van der Waals surface area contributed by atoms with Crippen LogP contribution >= 0.6 is 0 Å². The molecule has 0 N–H and O–H groups in total. The molecule has 0 spiro atoms. The second-order valence-electron chi connectivity index (χ2n) is 3.08. The van der Waals surface area contributed by atoms with E-state index < -0.39 is 0 Å². The lowest BCUT2D eigenvalue weighted by Crippen LogP contribution is -2.12. The quantitative estimate of drug-likeness (QED) is 0.272. The van der Waals surface area contributed by atoms with Gasteiger partial charge < -0.3 is 9.47 Å². The SMILES string of the molecule is C=C(C)CCOCC(=C)C(=O)OCC. The maximum atomic E-state index is 11.1. The monoisotopic (exact) mass is 198 g/mol. The van der Waals surface area contributed by atoms with Crippen molar-refractivity contribution in [1.82, 2.24) is 0 Å². The fourth-order valence-electron chi connectivity index (χ4n) is 0.734. The zero-order valence-electron chi connectivity index (χ0n) is 8.97. The predicted octanol–water partition coefficient (Wildman–Crippen LogP) is 2.09. The molecule has 0 amide bonds. The first-order valence-corrected chi connectivity index (χ1v) is 4.65. The molecule has 0 bridgehead atoms. The summed E-state index contributed by atoms with van der Waals surface area (Å²) in [6, 6.07) is 0.